The molecular weight excluding hydrogens is 196 g/mol. The van der Waals surface area contributed by atoms with Gasteiger partial charge in [0.25, 0.3) is 0 Å². The molecule has 84 valence electrons. The minimum Gasteiger partial charge on any atom is -0.464 e. The second-order valence-electron chi connectivity index (χ2n) is 3.06. The lowest BCUT2D eigenvalue weighted by molar-refractivity contribution is 0.0594. The summed E-state index contributed by atoms with van der Waals surface area (Å²) in [5.41, 5.74) is 1.42. The predicted octanol–water partition coefficient (Wildman–Crippen LogP) is 0.537. The average molecular weight is 212 g/mol. The molecule has 0 amide bonds. The van der Waals surface area contributed by atoms with Crippen molar-refractivity contribution in [1.29, 1.82) is 0 Å². The standard InChI is InChI=1S/C10H16N2O3/c1-14-6-5-11-7-8-3-4-9(12-8)10(13)15-2/h3-4,11-12H,5-7H2,1-2H3. The number of nitrogens with one attached hydrogen (secondary N) is 2. The number of carbonyl (C=O) groups is 1. The third kappa shape index (κ3) is 3.73. The van der Waals surface area contributed by atoms with Gasteiger partial charge in [-0.05, 0) is 12.1 Å². The van der Waals surface area contributed by atoms with Crippen LogP contribution in [0.1, 0.15) is 16.2 Å². The third-order valence-electron chi connectivity index (χ3n) is 1.95. The fourth-order valence-electron chi connectivity index (χ4n) is 1.17. The molecule has 1 rings (SSSR count). The Bertz CT molecular complexity index is 309. The molecule has 0 radical (unpaired) electrons. The second kappa shape index (κ2) is 6.21. The van der Waals surface area contributed by atoms with Crippen LogP contribution in [0.15, 0.2) is 12.1 Å². The Labute approximate surface area is 88.8 Å². The topological polar surface area (TPSA) is 63.4 Å². The molecule has 0 unspecified atom stereocenters. The van der Waals surface area contributed by atoms with Gasteiger partial charge in [0.2, 0.25) is 0 Å². The first kappa shape index (κ1) is 11.7. The molecule has 15 heavy (non-hydrogen) atoms. The summed E-state index contributed by atoms with van der Waals surface area (Å²) >= 11 is 0. The molecule has 0 saturated carbocycles. The maximum Gasteiger partial charge on any atom is 0.354 e. The Balaban J connectivity index is 2.36. The van der Waals surface area contributed by atoms with E-state index in [2.05, 4.69) is 15.0 Å². The van der Waals surface area contributed by atoms with Crippen LogP contribution in [0.3, 0.4) is 0 Å². The van der Waals surface area contributed by atoms with E-state index in [0.29, 0.717) is 18.8 Å². The molecule has 2 N–H and O–H groups in total. The third-order valence-corrected chi connectivity index (χ3v) is 1.95. The first-order chi connectivity index (χ1) is 7.27. The minimum atomic E-state index is -0.349. The molecule has 0 fully saturated rings. The molecule has 0 aliphatic rings. The van der Waals surface area contributed by atoms with E-state index >= 15 is 0 Å². The number of methoxy groups -OCH3 is 2. The van der Waals surface area contributed by atoms with Gasteiger partial charge in [-0.1, -0.05) is 0 Å². The first-order valence-electron chi connectivity index (χ1n) is 4.73. The second-order valence-corrected chi connectivity index (χ2v) is 3.06. The summed E-state index contributed by atoms with van der Waals surface area (Å²) in [5.74, 6) is -0.349. The van der Waals surface area contributed by atoms with Gasteiger partial charge in [-0.2, -0.15) is 0 Å². The zero-order valence-electron chi connectivity index (χ0n) is 9.00. The number of esters is 1. The smallest absolute Gasteiger partial charge is 0.354 e. The summed E-state index contributed by atoms with van der Waals surface area (Å²) < 4.78 is 9.48. The summed E-state index contributed by atoms with van der Waals surface area (Å²) in [6, 6.07) is 3.56. The van der Waals surface area contributed by atoms with Crippen LogP contribution in [-0.2, 0) is 16.0 Å². The monoisotopic (exact) mass is 212 g/mol. The van der Waals surface area contributed by atoms with Crippen LogP contribution in [0.4, 0.5) is 0 Å². The summed E-state index contributed by atoms with van der Waals surface area (Å²) in [7, 11) is 3.02. The highest BCUT2D eigenvalue weighted by Crippen LogP contribution is 2.02. The fraction of sp³-hybridized carbons (Fsp3) is 0.500. The predicted molar refractivity (Wildman–Crippen MR) is 55.7 cm³/mol. The fourth-order valence-corrected chi connectivity index (χ4v) is 1.17. The number of ether oxygens (including phenoxy) is 2. The van der Waals surface area contributed by atoms with Gasteiger partial charge in [0.1, 0.15) is 5.69 Å². The molecule has 5 heteroatoms. The molecule has 1 aromatic rings. The highest BCUT2D eigenvalue weighted by atomic mass is 16.5. The van der Waals surface area contributed by atoms with Gasteiger partial charge in [-0.3, -0.25) is 0 Å². The molecule has 0 atom stereocenters. The van der Waals surface area contributed by atoms with E-state index in [-0.39, 0.29) is 5.97 Å². The Morgan fingerprint density at radius 2 is 2.27 bits per heavy atom. The normalized spacial score (nSPS) is 10.3. The van der Waals surface area contributed by atoms with Gasteiger partial charge >= 0.3 is 5.97 Å². The van der Waals surface area contributed by atoms with Crippen LogP contribution >= 0.6 is 0 Å². The Kier molecular flexibility index (Phi) is 4.86. The number of aromatic amines is 1. The number of rotatable bonds is 6. The SMILES string of the molecule is COCCNCc1ccc(C(=O)OC)[nH]1. The summed E-state index contributed by atoms with van der Waals surface area (Å²) in [4.78, 5) is 14.1. The van der Waals surface area contributed by atoms with E-state index in [1.165, 1.54) is 7.11 Å². The lowest BCUT2D eigenvalue weighted by Crippen LogP contribution is -2.18. The Morgan fingerprint density at radius 1 is 1.47 bits per heavy atom. The highest BCUT2D eigenvalue weighted by Gasteiger charge is 2.06. The van der Waals surface area contributed by atoms with Crippen molar-refractivity contribution >= 4 is 5.97 Å². The van der Waals surface area contributed by atoms with Crippen LogP contribution in [0.2, 0.25) is 0 Å². The van der Waals surface area contributed by atoms with Crippen molar-refractivity contribution in [3.8, 4) is 0 Å². The highest BCUT2D eigenvalue weighted by molar-refractivity contribution is 5.87. The van der Waals surface area contributed by atoms with Gasteiger partial charge in [0.05, 0.1) is 13.7 Å². The molecule has 0 aromatic carbocycles. The molecular formula is C10H16N2O3. The largest absolute Gasteiger partial charge is 0.464 e. The van der Waals surface area contributed by atoms with E-state index < -0.39 is 0 Å². The van der Waals surface area contributed by atoms with E-state index in [1.54, 1.807) is 13.2 Å². The molecule has 0 bridgehead atoms. The maximum absolute atomic E-state index is 11.1. The van der Waals surface area contributed by atoms with Crippen molar-refractivity contribution in [2.75, 3.05) is 27.4 Å². The van der Waals surface area contributed by atoms with Crippen molar-refractivity contribution in [1.82, 2.24) is 10.3 Å². The molecule has 0 spiro atoms. The quantitative estimate of drug-likeness (QED) is 0.533. The van der Waals surface area contributed by atoms with Crippen LogP contribution in [0.5, 0.6) is 0 Å². The summed E-state index contributed by atoms with van der Waals surface area (Å²) in [5, 5.41) is 3.16. The van der Waals surface area contributed by atoms with Gasteiger partial charge < -0.3 is 19.8 Å². The van der Waals surface area contributed by atoms with Crippen molar-refractivity contribution < 1.29 is 14.3 Å². The van der Waals surface area contributed by atoms with Crippen LogP contribution < -0.4 is 5.32 Å². The Hall–Kier alpha value is -1.33. The van der Waals surface area contributed by atoms with Crippen molar-refractivity contribution in [3.05, 3.63) is 23.5 Å². The summed E-state index contributed by atoms with van der Waals surface area (Å²) in [6.07, 6.45) is 0. The van der Waals surface area contributed by atoms with Gasteiger partial charge in [0.15, 0.2) is 0 Å². The number of hydrogen-bond donors (Lipinski definition) is 2. The molecule has 0 aliphatic heterocycles. The van der Waals surface area contributed by atoms with E-state index in [0.717, 1.165) is 12.2 Å². The van der Waals surface area contributed by atoms with Crippen LogP contribution in [0, 0.1) is 0 Å². The number of carbonyl (C=O) groups excluding carboxylic acids is 1. The molecule has 0 saturated heterocycles. The van der Waals surface area contributed by atoms with E-state index in [1.807, 2.05) is 6.07 Å². The van der Waals surface area contributed by atoms with Gasteiger partial charge in [0, 0.05) is 25.9 Å². The van der Waals surface area contributed by atoms with Crippen molar-refractivity contribution in [2.45, 2.75) is 6.54 Å². The lowest BCUT2D eigenvalue weighted by atomic mass is 10.4. The molecule has 0 aliphatic carbocycles. The zero-order chi connectivity index (χ0) is 11.1. The number of aromatic nitrogens is 1. The van der Waals surface area contributed by atoms with E-state index in [4.69, 9.17) is 4.74 Å². The summed E-state index contributed by atoms with van der Waals surface area (Å²) in [6.45, 7) is 2.13. The number of hydrogen-bond acceptors (Lipinski definition) is 4. The van der Waals surface area contributed by atoms with E-state index in [9.17, 15) is 4.79 Å². The van der Waals surface area contributed by atoms with Gasteiger partial charge in [-0.15, -0.1) is 0 Å². The van der Waals surface area contributed by atoms with Crippen molar-refractivity contribution in [2.24, 2.45) is 0 Å². The lowest BCUT2D eigenvalue weighted by Gasteiger charge is -2.01. The number of H-pyrrole nitrogens is 1. The Morgan fingerprint density at radius 3 is 2.93 bits per heavy atom. The molecule has 5 nitrogen and oxygen atoms in total. The first-order valence-corrected chi connectivity index (χ1v) is 4.73. The van der Waals surface area contributed by atoms with Crippen LogP contribution in [-0.4, -0.2) is 38.3 Å². The molecule has 1 aromatic heterocycles. The minimum absolute atomic E-state index is 0.349. The van der Waals surface area contributed by atoms with Crippen molar-refractivity contribution in [3.63, 3.8) is 0 Å². The van der Waals surface area contributed by atoms with Crippen LogP contribution in [0.25, 0.3) is 0 Å². The maximum atomic E-state index is 11.1. The zero-order valence-corrected chi connectivity index (χ0v) is 9.00. The molecule has 1 heterocycles. The van der Waals surface area contributed by atoms with Gasteiger partial charge in [-0.25, -0.2) is 4.79 Å². The average Bonchev–Trinajstić information content (AvgIpc) is 2.72.